The first-order valence-corrected chi connectivity index (χ1v) is 7.33. The summed E-state index contributed by atoms with van der Waals surface area (Å²) >= 11 is 0. The van der Waals surface area contributed by atoms with Crippen LogP contribution >= 0.6 is 0 Å². The molecule has 1 fully saturated rings. The lowest BCUT2D eigenvalue weighted by Gasteiger charge is -2.36. The maximum Gasteiger partial charge on any atom is 0.0428 e. The highest BCUT2D eigenvalue weighted by molar-refractivity contribution is 5.59. The van der Waals surface area contributed by atoms with Crippen LogP contribution in [0.15, 0.2) is 18.2 Å². The van der Waals surface area contributed by atoms with Crippen molar-refractivity contribution in [3.8, 4) is 0 Å². The zero-order valence-corrected chi connectivity index (χ0v) is 12.0. The molecule has 100 valence electrons. The quantitative estimate of drug-likeness (QED) is 0.878. The molecule has 0 saturated carbocycles. The fraction of sp³-hybridized carbons (Fsp3) is 0.625. The minimum Gasteiger partial charge on any atom is -0.370 e. The Hall–Kier alpha value is -1.02. The van der Waals surface area contributed by atoms with Gasteiger partial charge in [0.15, 0.2) is 0 Å². The number of anilines is 1. The number of aryl methyl sites for hydroxylation is 2. The van der Waals surface area contributed by atoms with Crippen LogP contribution in [-0.4, -0.2) is 25.7 Å². The predicted molar refractivity (Wildman–Crippen MR) is 79.5 cm³/mol. The van der Waals surface area contributed by atoms with Crippen molar-refractivity contribution < 1.29 is 0 Å². The zero-order valence-electron chi connectivity index (χ0n) is 12.0. The Morgan fingerprint density at radius 3 is 2.89 bits per heavy atom. The van der Waals surface area contributed by atoms with Crippen LogP contribution in [0.1, 0.15) is 37.8 Å². The van der Waals surface area contributed by atoms with E-state index in [9.17, 15) is 0 Å². The smallest absolute Gasteiger partial charge is 0.0428 e. The van der Waals surface area contributed by atoms with Gasteiger partial charge in [0.2, 0.25) is 0 Å². The van der Waals surface area contributed by atoms with Gasteiger partial charge in [-0.15, -0.1) is 0 Å². The number of para-hydroxylation sites is 1. The number of rotatable bonds is 4. The standard InChI is InChI=1S/C16H26N2/c1-4-14-9-6-8-13(3)16(14)18-11-7-10-15(12-18)17-5-2/h6,8-9,15,17H,4-5,7,10-12H2,1-3H3. The maximum absolute atomic E-state index is 3.60. The Morgan fingerprint density at radius 1 is 1.33 bits per heavy atom. The second-order valence-electron chi connectivity index (χ2n) is 5.28. The van der Waals surface area contributed by atoms with Crippen LogP contribution in [0.5, 0.6) is 0 Å². The van der Waals surface area contributed by atoms with E-state index < -0.39 is 0 Å². The summed E-state index contributed by atoms with van der Waals surface area (Å²) in [6.45, 7) is 10.1. The fourth-order valence-corrected chi connectivity index (χ4v) is 3.09. The molecule has 18 heavy (non-hydrogen) atoms. The molecular formula is C16H26N2. The van der Waals surface area contributed by atoms with Crippen LogP contribution in [0.2, 0.25) is 0 Å². The van der Waals surface area contributed by atoms with E-state index in [2.05, 4.69) is 49.2 Å². The van der Waals surface area contributed by atoms with Crippen molar-refractivity contribution in [2.24, 2.45) is 0 Å². The monoisotopic (exact) mass is 246 g/mol. The topological polar surface area (TPSA) is 15.3 Å². The molecule has 1 aromatic rings. The van der Waals surface area contributed by atoms with E-state index in [4.69, 9.17) is 0 Å². The lowest BCUT2D eigenvalue weighted by Crippen LogP contribution is -2.46. The second kappa shape index (κ2) is 6.24. The Labute approximate surface area is 111 Å². The van der Waals surface area contributed by atoms with Crippen LogP contribution in [0.3, 0.4) is 0 Å². The predicted octanol–water partition coefficient (Wildman–Crippen LogP) is 3.14. The Morgan fingerprint density at radius 2 is 2.17 bits per heavy atom. The van der Waals surface area contributed by atoms with Gasteiger partial charge in [0.1, 0.15) is 0 Å². The third kappa shape index (κ3) is 2.86. The van der Waals surface area contributed by atoms with Gasteiger partial charge >= 0.3 is 0 Å². The van der Waals surface area contributed by atoms with Crippen LogP contribution in [0, 0.1) is 6.92 Å². The lowest BCUT2D eigenvalue weighted by atomic mass is 10.00. The molecule has 0 bridgehead atoms. The number of hydrogen-bond acceptors (Lipinski definition) is 2. The van der Waals surface area contributed by atoms with Crippen LogP contribution in [0.25, 0.3) is 0 Å². The van der Waals surface area contributed by atoms with Crippen molar-refractivity contribution in [3.05, 3.63) is 29.3 Å². The van der Waals surface area contributed by atoms with Crippen molar-refractivity contribution in [2.45, 2.75) is 46.1 Å². The summed E-state index contributed by atoms with van der Waals surface area (Å²) in [5, 5.41) is 3.60. The van der Waals surface area contributed by atoms with Gasteiger partial charge < -0.3 is 10.2 Å². The highest BCUT2D eigenvalue weighted by Crippen LogP contribution is 2.28. The molecule has 2 heteroatoms. The van der Waals surface area contributed by atoms with Crippen LogP contribution < -0.4 is 10.2 Å². The fourth-order valence-electron chi connectivity index (χ4n) is 3.09. The Bertz CT molecular complexity index is 385. The van der Waals surface area contributed by atoms with Crippen molar-refractivity contribution in [1.29, 1.82) is 0 Å². The normalized spacial score (nSPS) is 20.2. The number of nitrogens with zero attached hydrogens (tertiary/aromatic N) is 1. The molecule has 1 atom stereocenters. The average Bonchev–Trinajstić information content (AvgIpc) is 2.39. The molecule has 1 heterocycles. The molecule has 0 aliphatic carbocycles. The van der Waals surface area contributed by atoms with Gasteiger partial charge in [-0.3, -0.25) is 0 Å². The van der Waals surface area contributed by atoms with E-state index in [0.29, 0.717) is 6.04 Å². The molecule has 0 spiro atoms. The van der Waals surface area contributed by atoms with Gasteiger partial charge in [0, 0.05) is 24.8 Å². The first-order valence-electron chi connectivity index (χ1n) is 7.33. The molecule has 2 nitrogen and oxygen atoms in total. The summed E-state index contributed by atoms with van der Waals surface area (Å²) in [5.74, 6) is 0. The molecule has 1 unspecified atom stereocenters. The summed E-state index contributed by atoms with van der Waals surface area (Å²) in [6, 6.07) is 7.36. The molecule has 0 radical (unpaired) electrons. The van der Waals surface area contributed by atoms with Crippen LogP contribution in [-0.2, 0) is 6.42 Å². The molecular weight excluding hydrogens is 220 g/mol. The summed E-state index contributed by atoms with van der Waals surface area (Å²) in [6.07, 6.45) is 3.74. The summed E-state index contributed by atoms with van der Waals surface area (Å²) in [7, 11) is 0. The molecule has 1 N–H and O–H groups in total. The van der Waals surface area contributed by atoms with E-state index >= 15 is 0 Å². The third-order valence-corrected chi connectivity index (χ3v) is 3.93. The maximum atomic E-state index is 3.60. The van der Waals surface area contributed by atoms with Crippen molar-refractivity contribution in [1.82, 2.24) is 5.32 Å². The van der Waals surface area contributed by atoms with Gasteiger partial charge in [-0.1, -0.05) is 32.0 Å². The van der Waals surface area contributed by atoms with Gasteiger partial charge in [0.25, 0.3) is 0 Å². The van der Waals surface area contributed by atoms with Crippen molar-refractivity contribution >= 4 is 5.69 Å². The highest BCUT2D eigenvalue weighted by Gasteiger charge is 2.21. The largest absolute Gasteiger partial charge is 0.370 e. The van der Waals surface area contributed by atoms with Gasteiger partial charge in [0.05, 0.1) is 0 Å². The number of benzene rings is 1. The molecule has 1 saturated heterocycles. The lowest BCUT2D eigenvalue weighted by molar-refractivity contribution is 0.430. The summed E-state index contributed by atoms with van der Waals surface area (Å²) in [4.78, 5) is 2.59. The first-order chi connectivity index (χ1) is 8.76. The van der Waals surface area contributed by atoms with Crippen LogP contribution in [0.4, 0.5) is 5.69 Å². The first kappa shape index (κ1) is 13.4. The number of likely N-dealkylation sites (N-methyl/N-ethyl adjacent to an activating group) is 1. The number of nitrogens with one attached hydrogen (secondary N) is 1. The van der Waals surface area contributed by atoms with E-state index in [1.54, 1.807) is 0 Å². The Kier molecular flexibility index (Phi) is 4.65. The van der Waals surface area contributed by atoms with E-state index in [-0.39, 0.29) is 0 Å². The van der Waals surface area contributed by atoms with Gasteiger partial charge in [-0.25, -0.2) is 0 Å². The van der Waals surface area contributed by atoms with Gasteiger partial charge in [-0.05, 0) is 43.9 Å². The molecule has 1 aliphatic heterocycles. The van der Waals surface area contributed by atoms with Crippen molar-refractivity contribution in [2.75, 3.05) is 24.5 Å². The molecule has 1 aromatic carbocycles. The van der Waals surface area contributed by atoms with E-state index in [0.717, 1.165) is 19.5 Å². The minimum absolute atomic E-state index is 0.660. The van der Waals surface area contributed by atoms with Gasteiger partial charge in [-0.2, -0.15) is 0 Å². The zero-order chi connectivity index (χ0) is 13.0. The van der Waals surface area contributed by atoms with E-state index in [1.807, 2.05) is 0 Å². The molecule has 0 amide bonds. The SMILES string of the molecule is CCNC1CCCN(c2c(C)cccc2CC)C1. The summed E-state index contributed by atoms with van der Waals surface area (Å²) < 4.78 is 0. The Balaban J connectivity index is 2.20. The summed E-state index contributed by atoms with van der Waals surface area (Å²) in [5.41, 5.74) is 4.40. The highest BCUT2D eigenvalue weighted by atomic mass is 15.2. The third-order valence-electron chi connectivity index (χ3n) is 3.93. The molecule has 0 aromatic heterocycles. The minimum atomic E-state index is 0.660. The average molecular weight is 246 g/mol. The van der Waals surface area contributed by atoms with Crippen molar-refractivity contribution in [3.63, 3.8) is 0 Å². The molecule has 1 aliphatic rings. The second-order valence-corrected chi connectivity index (χ2v) is 5.28. The number of hydrogen-bond donors (Lipinski definition) is 1. The van der Waals surface area contributed by atoms with E-state index in [1.165, 1.54) is 36.2 Å². The molecule has 2 rings (SSSR count). The number of piperidine rings is 1.